The Morgan fingerprint density at radius 3 is 2.56 bits per heavy atom. The maximum atomic E-state index is 12.8. The van der Waals surface area contributed by atoms with E-state index in [1.807, 2.05) is 54.9 Å². The van der Waals surface area contributed by atoms with Gasteiger partial charge in [0.25, 0.3) is 5.91 Å². The molecule has 2 amide bonds. The van der Waals surface area contributed by atoms with E-state index in [0.717, 1.165) is 16.7 Å². The van der Waals surface area contributed by atoms with Crippen molar-refractivity contribution in [3.8, 4) is 11.4 Å². The fourth-order valence-corrected chi connectivity index (χ4v) is 3.99. The van der Waals surface area contributed by atoms with Crippen LogP contribution in [0.2, 0.25) is 0 Å². The molecule has 0 spiro atoms. The third-order valence-electron chi connectivity index (χ3n) is 5.11. The van der Waals surface area contributed by atoms with Gasteiger partial charge in [-0.2, -0.15) is 0 Å². The van der Waals surface area contributed by atoms with Gasteiger partial charge in [-0.25, -0.2) is 0 Å². The van der Waals surface area contributed by atoms with E-state index in [1.54, 1.807) is 36.7 Å². The van der Waals surface area contributed by atoms with Gasteiger partial charge in [0.15, 0.2) is 11.0 Å². The topological polar surface area (TPSA) is 102 Å². The third-order valence-corrected chi connectivity index (χ3v) is 6.13. The SMILES string of the molecule is Cc1ccc(CNC(=O)c2ccccc2NC(=O)CSc2nnc(-c3cccnc3)n2C)cc1. The van der Waals surface area contributed by atoms with Gasteiger partial charge in [-0.05, 0) is 36.8 Å². The Bertz CT molecular complexity index is 1290. The molecule has 2 heterocycles. The lowest BCUT2D eigenvalue weighted by Gasteiger charge is -2.11. The number of thioether (sulfide) groups is 1. The summed E-state index contributed by atoms with van der Waals surface area (Å²) in [4.78, 5) is 29.5. The first-order valence-corrected chi connectivity index (χ1v) is 11.6. The number of para-hydroxylation sites is 1. The summed E-state index contributed by atoms with van der Waals surface area (Å²) in [7, 11) is 1.84. The first-order chi connectivity index (χ1) is 16.5. The normalized spacial score (nSPS) is 10.6. The van der Waals surface area contributed by atoms with Gasteiger partial charge in [-0.1, -0.05) is 53.7 Å². The van der Waals surface area contributed by atoms with Gasteiger partial charge in [0, 0.05) is 31.5 Å². The van der Waals surface area contributed by atoms with E-state index < -0.39 is 0 Å². The second-order valence-corrected chi connectivity index (χ2v) is 8.60. The van der Waals surface area contributed by atoms with Crippen LogP contribution in [-0.2, 0) is 18.4 Å². The van der Waals surface area contributed by atoms with E-state index in [-0.39, 0.29) is 17.6 Å². The first-order valence-electron chi connectivity index (χ1n) is 10.7. The fourth-order valence-electron chi connectivity index (χ4n) is 3.28. The Balaban J connectivity index is 1.36. The van der Waals surface area contributed by atoms with E-state index in [2.05, 4.69) is 25.8 Å². The number of carbonyl (C=O) groups excluding carboxylic acids is 2. The second-order valence-electron chi connectivity index (χ2n) is 7.66. The highest BCUT2D eigenvalue weighted by atomic mass is 32.2. The number of amides is 2. The number of rotatable bonds is 8. The van der Waals surface area contributed by atoms with Crippen LogP contribution < -0.4 is 10.6 Å². The van der Waals surface area contributed by atoms with Crippen LogP contribution in [0.15, 0.2) is 78.2 Å². The molecule has 0 saturated carbocycles. The molecule has 0 saturated heterocycles. The average Bonchev–Trinajstić information content (AvgIpc) is 3.23. The van der Waals surface area contributed by atoms with Crippen LogP contribution in [0.25, 0.3) is 11.4 Å². The predicted molar refractivity (Wildman–Crippen MR) is 132 cm³/mol. The lowest BCUT2D eigenvalue weighted by Crippen LogP contribution is -2.25. The van der Waals surface area contributed by atoms with Crippen molar-refractivity contribution in [2.75, 3.05) is 11.1 Å². The van der Waals surface area contributed by atoms with Crippen LogP contribution in [-0.4, -0.2) is 37.3 Å². The summed E-state index contributed by atoms with van der Waals surface area (Å²) in [5, 5.41) is 14.7. The van der Waals surface area contributed by atoms with Gasteiger partial charge in [0.05, 0.1) is 17.0 Å². The number of pyridine rings is 1. The Morgan fingerprint density at radius 2 is 1.79 bits per heavy atom. The number of carbonyl (C=O) groups is 2. The fraction of sp³-hybridized carbons (Fsp3) is 0.160. The molecule has 0 bridgehead atoms. The van der Waals surface area contributed by atoms with Crippen molar-refractivity contribution >= 4 is 29.3 Å². The molecule has 0 aliphatic heterocycles. The minimum absolute atomic E-state index is 0.123. The molecule has 2 aromatic carbocycles. The van der Waals surface area contributed by atoms with Crippen molar-refractivity contribution in [1.82, 2.24) is 25.1 Å². The number of hydrogen-bond donors (Lipinski definition) is 2. The number of nitrogens with zero attached hydrogens (tertiary/aromatic N) is 4. The maximum absolute atomic E-state index is 12.8. The standard InChI is InChI=1S/C25H24N6O2S/c1-17-9-11-18(12-10-17)14-27-24(33)20-7-3-4-8-21(20)28-22(32)16-34-25-30-29-23(31(25)2)19-6-5-13-26-15-19/h3-13,15H,14,16H2,1-2H3,(H,27,33)(H,28,32). The van der Waals surface area contributed by atoms with Gasteiger partial charge < -0.3 is 15.2 Å². The molecule has 0 aliphatic rings. The minimum atomic E-state index is -0.251. The van der Waals surface area contributed by atoms with Crippen LogP contribution in [0.5, 0.6) is 0 Å². The molecule has 9 heteroatoms. The van der Waals surface area contributed by atoms with Crippen molar-refractivity contribution < 1.29 is 9.59 Å². The molecular weight excluding hydrogens is 448 g/mol. The molecule has 172 valence electrons. The molecule has 4 rings (SSSR count). The monoisotopic (exact) mass is 472 g/mol. The van der Waals surface area contributed by atoms with Crippen molar-refractivity contribution in [3.63, 3.8) is 0 Å². The summed E-state index contributed by atoms with van der Waals surface area (Å²) in [5.41, 5.74) is 3.88. The van der Waals surface area contributed by atoms with Crippen molar-refractivity contribution in [2.45, 2.75) is 18.6 Å². The third kappa shape index (κ3) is 5.68. The summed E-state index contributed by atoms with van der Waals surface area (Å²) in [6.07, 6.45) is 3.41. The molecule has 0 unspecified atom stereocenters. The van der Waals surface area contributed by atoms with Crippen LogP contribution in [0.1, 0.15) is 21.5 Å². The summed E-state index contributed by atoms with van der Waals surface area (Å²) in [5.74, 6) is 0.304. The summed E-state index contributed by atoms with van der Waals surface area (Å²) >= 11 is 1.27. The average molecular weight is 473 g/mol. The van der Waals surface area contributed by atoms with Crippen molar-refractivity contribution in [3.05, 3.63) is 89.7 Å². The Morgan fingerprint density at radius 1 is 1.00 bits per heavy atom. The number of anilines is 1. The molecule has 2 aromatic heterocycles. The van der Waals surface area contributed by atoms with Gasteiger partial charge >= 0.3 is 0 Å². The zero-order valence-electron chi connectivity index (χ0n) is 18.9. The Labute approximate surface area is 201 Å². The first kappa shape index (κ1) is 23.2. The number of hydrogen-bond acceptors (Lipinski definition) is 6. The van der Waals surface area contributed by atoms with E-state index in [9.17, 15) is 9.59 Å². The Hall–Kier alpha value is -3.98. The van der Waals surface area contributed by atoms with Gasteiger partial charge in [0.2, 0.25) is 5.91 Å². The quantitative estimate of drug-likeness (QED) is 0.378. The zero-order chi connectivity index (χ0) is 23.9. The van der Waals surface area contributed by atoms with Crippen molar-refractivity contribution in [2.24, 2.45) is 7.05 Å². The molecule has 0 aliphatic carbocycles. The van der Waals surface area contributed by atoms with E-state index in [4.69, 9.17) is 0 Å². The maximum Gasteiger partial charge on any atom is 0.253 e. The highest BCUT2D eigenvalue weighted by Gasteiger charge is 2.16. The van der Waals surface area contributed by atoms with Gasteiger partial charge in [-0.3, -0.25) is 14.6 Å². The largest absolute Gasteiger partial charge is 0.348 e. The highest BCUT2D eigenvalue weighted by molar-refractivity contribution is 7.99. The number of nitrogens with one attached hydrogen (secondary N) is 2. The molecule has 0 atom stereocenters. The van der Waals surface area contributed by atoms with Gasteiger partial charge in [0.1, 0.15) is 0 Å². The molecule has 8 nitrogen and oxygen atoms in total. The molecule has 34 heavy (non-hydrogen) atoms. The lowest BCUT2D eigenvalue weighted by atomic mass is 10.1. The molecular formula is C25H24N6O2S. The second kappa shape index (κ2) is 10.8. The number of aryl methyl sites for hydroxylation is 1. The van der Waals surface area contributed by atoms with E-state index >= 15 is 0 Å². The molecule has 0 fully saturated rings. The number of aromatic nitrogens is 4. The van der Waals surface area contributed by atoms with Crippen LogP contribution >= 0.6 is 11.8 Å². The summed E-state index contributed by atoms with van der Waals surface area (Å²) < 4.78 is 1.82. The minimum Gasteiger partial charge on any atom is -0.348 e. The van der Waals surface area contributed by atoms with E-state index in [1.165, 1.54) is 11.8 Å². The van der Waals surface area contributed by atoms with E-state index in [0.29, 0.717) is 28.8 Å². The lowest BCUT2D eigenvalue weighted by molar-refractivity contribution is -0.113. The smallest absolute Gasteiger partial charge is 0.253 e. The zero-order valence-corrected chi connectivity index (χ0v) is 19.7. The van der Waals surface area contributed by atoms with Crippen LogP contribution in [0.3, 0.4) is 0 Å². The van der Waals surface area contributed by atoms with Crippen molar-refractivity contribution in [1.29, 1.82) is 0 Å². The summed E-state index contributed by atoms with van der Waals surface area (Å²) in [6.45, 7) is 2.42. The molecule has 0 radical (unpaired) electrons. The van der Waals surface area contributed by atoms with Crippen LogP contribution in [0, 0.1) is 6.92 Å². The molecule has 4 aromatic rings. The van der Waals surface area contributed by atoms with Crippen LogP contribution in [0.4, 0.5) is 5.69 Å². The highest BCUT2D eigenvalue weighted by Crippen LogP contribution is 2.22. The predicted octanol–water partition coefficient (Wildman–Crippen LogP) is 3.85. The Kier molecular flexibility index (Phi) is 7.34. The number of benzene rings is 2. The molecule has 2 N–H and O–H groups in total. The summed E-state index contributed by atoms with van der Waals surface area (Å²) in [6, 6.07) is 18.7. The van der Waals surface area contributed by atoms with Gasteiger partial charge in [-0.15, -0.1) is 10.2 Å².